The van der Waals surface area contributed by atoms with Crippen LogP contribution < -0.4 is 4.90 Å². The maximum Gasteiger partial charge on any atom is 0.260 e. The number of aromatic nitrogens is 2. The second-order valence-corrected chi connectivity index (χ2v) is 10.9. The van der Waals surface area contributed by atoms with E-state index in [1.54, 1.807) is 37.3 Å². The van der Waals surface area contributed by atoms with Crippen molar-refractivity contribution >= 4 is 59.9 Å². The van der Waals surface area contributed by atoms with Crippen LogP contribution in [0.5, 0.6) is 0 Å². The van der Waals surface area contributed by atoms with Crippen molar-refractivity contribution in [3.63, 3.8) is 0 Å². The molecule has 0 fully saturated rings. The summed E-state index contributed by atoms with van der Waals surface area (Å²) < 4.78 is 39.4. The number of nitrogens with zero attached hydrogens (tertiary/aromatic N) is 3. The zero-order valence-electron chi connectivity index (χ0n) is 18.1. The molecule has 2 aromatic carbocycles. The molecule has 10 heteroatoms. The lowest BCUT2D eigenvalue weighted by molar-refractivity contribution is 0.0984. The third-order valence-corrected chi connectivity index (χ3v) is 7.40. The van der Waals surface area contributed by atoms with Gasteiger partial charge in [-0.05, 0) is 70.9 Å². The van der Waals surface area contributed by atoms with Crippen LogP contribution in [0.2, 0.25) is 5.02 Å². The van der Waals surface area contributed by atoms with Crippen molar-refractivity contribution in [2.24, 2.45) is 0 Å². The number of halogens is 3. The van der Waals surface area contributed by atoms with Gasteiger partial charge in [0.25, 0.3) is 5.91 Å². The summed E-state index contributed by atoms with van der Waals surface area (Å²) in [6, 6.07) is 13.8. The Bertz CT molecular complexity index is 1530. The van der Waals surface area contributed by atoms with E-state index in [4.69, 9.17) is 11.6 Å². The van der Waals surface area contributed by atoms with Gasteiger partial charge in [-0.25, -0.2) is 17.8 Å². The van der Waals surface area contributed by atoms with E-state index in [1.807, 2.05) is 6.07 Å². The van der Waals surface area contributed by atoms with E-state index in [0.717, 1.165) is 29.5 Å². The molecule has 0 aliphatic carbocycles. The largest absolute Gasteiger partial charge is 0.303 e. The van der Waals surface area contributed by atoms with Gasteiger partial charge in [-0.3, -0.25) is 9.78 Å². The fraction of sp³-hybridized carbons (Fsp3) is 0.125. The molecule has 174 valence electrons. The molecule has 6 nitrogen and oxygen atoms in total. The molecule has 2 heterocycles. The van der Waals surface area contributed by atoms with Crippen LogP contribution in [-0.4, -0.2) is 30.5 Å². The Morgan fingerprint density at radius 3 is 2.56 bits per heavy atom. The summed E-state index contributed by atoms with van der Waals surface area (Å²) in [5.74, 6) is -1.19. The van der Waals surface area contributed by atoms with Gasteiger partial charge in [0.2, 0.25) is 0 Å². The number of aryl methyl sites for hydroxylation is 1. The van der Waals surface area contributed by atoms with Gasteiger partial charge in [0.15, 0.2) is 9.84 Å². The highest BCUT2D eigenvalue weighted by Crippen LogP contribution is 2.31. The van der Waals surface area contributed by atoms with Crippen LogP contribution in [0.1, 0.15) is 21.6 Å². The molecule has 0 aliphatic rings. The lowest BCUT2D eigenvalue weighted by Gasteiger charge is -2.25. The molecule has 0 aliphatic heterocycles. The number of pyridine rings is 2. The molecule has 0 N–H and O–H groups in total. The minimum absolute atomic E-state index is 0.0126. The molecule has 0 saturated carbocycles. The Morgan fingerprint density at radius 1 is 1.12 bits per heavy atom. The van der Waals surface area contributed by atoms with E-state index in [0.29, 0.717) is 20.7 Å². The number of sulfone groups is 1. The summed E-state index contributed by atoms with van der Waals surface area (Å²) in [5, 5.41) is 1.27. The summed E-state index contributed by atoms with van der Waals surface area (Å²) in [7, 11) is -3.84. The van der Waals surface area contributed by atoms with Gasteiger partial charge in [0, 0.05) is 23.5 Å². The zero-order chi connectivity index (χ0) is 24.6. The lowest BCUT2D eigenvalue weighted by atomic mass is 10.1. The molecule has 1 amide bonds. The van der Waals surface area contributed by atoms with Gasteiger partial charge in [-0.1, -0.05) is 23.7 Å². The van der Waals surface area contributed by atoms with Gasteiger partial charge in [-0.2, -0.15) is 0 Å². The molecule has 0 unspecified atom stereocenters. The SMILES string of the molecule is Cc1ccc(C(=O)N(Cc2ccc3cc(Cl)c(Br)nc3c2)c2ccc(F)cc2S(C)(=O)=O)cn1. The first kappa shape index (κ1) is 24.3. The van der Waals surface area contributed by atoms with Gasteiger partial charge < -0.3 is 4.90 Å². The molecule has 2 aromatic heterocycles. The van der Waals surface area contributed by atoms with E-state index in [2.05, 4.69) is 25.9 Å². The van der Waals surface area contributed by atoms with Crippen LogP contribution in [0, 0.1) is 12.7 Å². The average molecular weight is 563 g/mol. The number of hydrogen-bond acceptors (Lipinski definition) is 5. The second-order valence-electron chi connectivity index (χ2n) is 7.75. The first-order valence-corrected chi connectivity index (χ1v) is 13.1. The van der Waals surface area contributed by atoms with Crippen molar-refractivity contribution in [3.05, 3.63) is 93.1 Å². The maximum atomic E-state index is 14.0. The average Bonchev–Trinajstić information content (AvgIpc) is 2.78. The highest BCUT2D eigenvalue weighted by atomic mass is 79.9. The fourth-order valence-corrected chi connectivity index (χ4v) is 4.82. The molecule has 0 bridgehead atoms. The van der Waals surface area contributed by atoms with Crippen LogP contribution in [0.25, 0.3) is 10.9 Å². The number of rotatable bonds is 5. The highest BCUT2D eigenvalue weighted by molar-refractivity contribution is 9.10. The smallest absolute Gasteiger partial charge is 0.260 e. The predicted molar refractivity (Wildman–Crippen MR) is 133 cm³/mol. The van der Waals surface area contributed by atoms with Crippen molar-refractivity contribution in [3.8, 4) is 0 Å². The van der Waals surface area contributed by atoms with E-state index >= 15 is 0 Å². The van der Waals surface area contributed by atoms with E-state index in [1.165, 1.54) is 17.2 Å². The highest BCUT2D eigenvalue weighted by Gasteiger charge is 2.25. The number of hydrogen-bond donors (Lipinski definition) is 0. The van der Waals surface area contributed by atoms with E-state index in [9.17, 15) is 17.6 Å². The molecule has 0 spiro atoms. The first-order chi connectivity index (χ1) is 16.0. The van der Waals surface area contributed by atoms with Crippen LogP contribution >= 0.6 is 27.5 Å². The maximum absolute atomic E-state index is 14.0. The summed E-state index contributed by atoms with van der Waals surface area (Å²) in [4.78, 5) is 23.2. The van der Waals surface area contributed by atoms with Gasteiger partial charge in [0.05, 0.1) is 33.2 Å². The number of amides is 1. The van der Waals surface area contributed by atoms with Gasteiger partial charge in [-0.15, -0.1) is 0 Å². The molecular formula is C24H18BrClFN3O3S. The molecule has 0 atom stereocenters. The Kier molecular flexibility index (Phi) is 6.71. The summed E-state index contributed by atoms with van der Waals surface area (Å²) in [5.41, 5.74) is 2.39. The van der Waals surface area contributed by atoms with Crippen LogP contribution in [0.4, 0.5) is 10.1 Å². The number of anilines is 1. The second kappa shape index (κ2) is 9.40. The molecule has 0 saturated heterocycles. The number of fused-ring (bicyclic) bond motifs is 1. The first-order valence-electron chi connectivity index (χ1n) is 10.0. The summed E-state index contributed by atoms with van der Waals surface area (Å²) in [6.45, 7) is 1.80. The lowest BCUT2D eigenvalue weighted by Crippen LogP contribution is -2.32. The zero-order valence-corrected chi connectivity index (χ0v) is 21.2. The van der Waals surface area contributed by atoms with Crippen LogP contribution in [0.3, 0.4) is 0 Å². The van der Waals surface area contributed by atoms with E-state index in [-0.39, 0.29) is 22.7 Å². The number of carbonyl (C=O) groups excluding carboxylic acids is 1. The van der Waals surface area contributed by atoms with Crippen molar-refractivity contribution in [1.29, 1.82) is 0 Å². The Balaban J connectivity index is 1.85. The summed E-state index contributed by atoms with van der Waals surface area (Å²) >= 11 is 9.44. The number of benzene rings is 2. The van der Waals surface area contributed by atoms with Crippen molar-refractivity contribution in [2.75, 3.05) is 11.2 Å². The van der Waals surface area contributed by atoms with Gasteiger partial charge in [0.1, 0.15) is 10.4 Å². The standard InChI is InChI=1S/C24H18BrClFN3O3S/c1-14-3-5-17(12-28-14)24(31)30(21-8-7-18(27)11-22(21)34(2,32)33)13-15-4-6-16-10-19(26)23(25)29-20(16)9-15/h3-12H,13H2,1-2H3. The van der Waals surface area contributed by atoms with Crippen LogP contribution in [0.15, 0.2) is 70.3 Å². The third-order valence-electron chi connectivity index (χ3n) is 5.15. The Morgan fingerprint density at radius 2 is 1.88 bits per heavy atom. The topological polar surface area (TPSA) is 80.2 Å². The van der Waals surface area contributed by atoms with Crippen molar-refractivity contribution in [2.45, 2.75) is 18.4 Å². The Labute approximate surface area is 209 Å². The van der Waals surface area contributed by atoms with Crippen LogP contribution in [-0.2, 0) is 16.4 Å². The predicted octanol–water partition coefficient (Wildman–Crippen LogP) is 5.74. The Hall–Kier alpha value is -2.88. The molecular weight excluding hydrogens is 545 g/mol. The van der Waals surface area contributed by atoms with Gasteiger partial charge >= 0.3 is 0 Å². The molecule has 0 radical (unpaired) electrons. The van der Waals surface area contributed by atoms with Crippen molar-refractivity contribution < 1.29 is 17.6 Å². The fourth-order valence-electron chi connectivity index (χ4n) is 3.47. The minimum atomic E-state index is -3.84. The number of carbonyl (C=O) groups is 1. The quantitative estimate of drug-likeness (QED) is 0.290. The third kappa shape index (κ3) is 5.11. The molecule has 34 heavy (non-hydrogen) atoms. The monoisotopic (exact) mass is 561 g/mol. The normalized spacial score (nSPS) is 11.6. The van der Waals surface area contributed by atoms with E-state index < -0.39 is 21.6 Å². The minimum Gasteiger partial charge on any atom is -0.303 e. The summed E-state index contributed by atoms with van der Waals surface area (Å²) in [6.07, 6.45) is 2.40. The molecule has 4 aromatic rings. The molecule has 4 rings (SSSR count). The van der Waals surface area contributed by atoms with Crippen molar-refractivity contribution in [1.82, 2.24) is 9.97 Å².